The number of methoxy groups -OCH3 is 1. The van der Waals surface area contributed by atoms with Crippen molar-refractivity contribution >= 4 is 11.9 Å². The van der Waals surface area contributed by atoms with Crippen LogP contribution < -0.4 is 0 Å². The van der Waals surface area contributed by atoms with Crippen LogP contribution in [-0.2, 0) is 25.5 Å². The molecule has 1 atom stereocenters. The number of carbonyl (C=O) groups excluding carboxylic acids is 2. The number of phenolic OH excluding ortho intramolecular Hbond substituents is 1. The Kier molecular flexibility index (Phi) is 4.57. The zero-order valence-corrected chi connectivity index (χ0v) is 11.2. The van der Waals surface area contributed by atoms with Gasteiger partial charge in [-0.3, -0.25) is 4.79 Å². The number of phenols is 1. The number of esters is 1. The minimum atomic E-state index is -0.696. The first-order valence-electron chi connectivity index (χ1n) is 6.35. The molecule has 108 valence electrons. The summed E-state index contributed by atoms with van der Waals surface area (Å²) in [6, 6.07) is 5.81. The van der Waals surface area contributed by atoms with Crippen molar-refractivity contribution < 1.29 is 24.2 Å². The van der Waals surface area contributed by atoms with Crippen LogP contribution in [0.25, 0.3) is 0 Å². The van der Waals surface area contributed by atoms with Crippen LogP contribution >= 0.6 is 0 Å². The van der Waals surface area contributed by atoms with Gasteiger partial charge in [0, 0.05) is 6.54 Å². The number of benzene rings is 1. The van der Waals surface area contributed by atoms with E-state index in [-0.39, 0.29) is 24.7 Å². The lowest BCUT2D eigenvalue weighted by Gasteiger charge is -2.33. The first kappa shape index (κ1) is 14.3. The summed E-state index contributed by atoms with van der Waals surface area (Å²) < 4.78 is 9.91. The number of aromatic hydroxyl groups is 1. The van der Waals surface area contributed by atoms with E-state index in [2.05, 4.69) is 4.74 Å². The molecule has 1 aromatic carbocycles. The molecule has 1 N–H and O–H groups in total. The Morgan fingerprint density at radius 3 is 3.00 bits per heavy atom. The average molecular weight is 279 g/mol. The van der Waals surface area contributed by atoms with Gasteiger partial charge in [0.1, 0.15) is 5.75 Å². The van der Waals surface area contributed by atoms with Crippen LogP contribution in [0.1, 0.15) is 5.56 Å². The topological polar surface area (TPSA) is 76.1 Å². The number of amides is 1. The van der Waals surface area contributed by atoms with Crippen molar-refractivity contribution in [3.8, 4) is 5.75 Å². The van der Waals surface area contributed by atoms with Crippen LogP contribution in [0.5, 0.6) is 5.75 Å². The molecule has 1 aromatic rings. The third kappa shape index (κ3) is 3.27. The van der Waals surface area contributed by atoms with E-state index in [0.29, 0.717) is 18.7 Å². The summed E-state index contributed by atoms with van der Waals surface area (Å²) in [6.45, 7) is 0.912. The van der Waals surface area contributed by atoms with Gasteiger partial charge in [-0.2, -0.15) is 0 Å². The normalized spacial score (nSPS) is 18.6. The zero-order valence-electron chi connectivity index (χ0n) is 11.2. The Balaban J connectivity index is 2.08. The van der Waals surface area contributed by atoms with Gasteiger partial charge < -0.3 is 19.5 Å². The van der Waals surface area contributed by atoms with E-state index in [1.54, 1.807) is 18.2 Å². The molecule has 1 aliphatic rings. The fourth-order valence-corrected chi connectivity index (χ4v) is 2.18. The van der Waals surface area contributed by atoms with Crippen molar-refractivity contribution in [2.45, 2.75) is 12.5 Å². The SMILES string of the molecule is COC(=O)C1COCCN1C(=O)Cc1cccc(O)c1. The summed E-state index contributed by atoms with van der Waals surface area (Å²) in [6.07, 6.45) is 0.127. The molecule has 0 radical (unpaired) electrons. The fourth-order valence-electron chi connectivity index (χ4n) is 2.18. The van der Waals surface area contributed by atoms with Crippen LogP contribution in [0.2, 0.25) is 0 Å². The quantitative estimate of drug-likeness (QED) is 0.807. The van der Waals surface area contributed by atoms with Crippen molar-refractivity contribution in [2.24, 2.45) is 0 Å². The summed E-state index contributed by atoms with van der Waals surface area (Å²) in [5.41, 5.74) is 0.699. The van der Waals surface area contributed by atoms with Gasteiger partial charge in [-0.15, -0.1) is 0 Å². The second-order valence-corrected chi connectivity index (χ2v) is 4.55. The second-order valence-electron chi connectivity index (χ2n) is 4.55. The molecule has 0 aliphatic carbocycles. The number of hydrogen-bond donors (Lipinski definition) is 1. The van der Waals surface area contributed by atoms with Crippen molar-refractivity contribution in [1.29, 1.82) is 0 Å². The van der Waals surface area contributed by atoms with Crippen molar-refractivity contribution in [1.82, 2.24) is 4.90 Å². The largest absolute Gasteiger partial charge is 0.508 e. The molecule has 1 heterocycles. The molecule has 0 spiro atoms. The predicted molar refractivity (Wildman–Crippen MR) is 70.1 cm³/mol. The van der Waals surface area contributed by atoms with Gasteiger partial charge in [0.2, 0.25) is 5.91 Å². The van der Waals surface area contributed by atoms with E-state index < -0.39 is 12.0 Å². The van der Waals surface area contributed by atoms with Gasteiger partial charge in [0.05, 0.1) is 26.7 Å². The lowest BCUT2D eigenvalue weighted by molar-refractivity contribution is -0.160. The molecule has 1 amide bonds. The van der Waals surface area contributed by atoms with E-state index in [1.807, 2.05) is 0 Å². The maximum atomic E-state index is 12.3. The van der Waals surface area contributed by atoms with Crippen LogP contribution in [0, 0.1) is 0 Å². The van der Waals surface area contributed by atoms with Gasteiger partial charge in [0.25, 0.3) is 0 Å². The highest BCUT2D eigenvalue weighted by Gasteiger charge is 2.33. The fraction of sp³-hybridized carbons (Fsp3) is 0.429. The van der Waals surface area contributed by atoms with Crippen LogP contribution in [0.4, 0.5) is 0 Å². The van der Waals surface area contributed by atoms with E-state index in [1.165, 1.54) is 18.1 Å². The molecule has 0 saturated carbocycles. The van der Waals surface area contributed by atoms with Crippen molar-refractivity contribution in [2.75, 3.05) is 26.9 Å². The number of ether oxygens (including phenoxy) is 2. The third-order valence-corrected chi connectivity index (χ3v) is 3.19. The number of morpholine rings is 1. The van der Waals surface area contributed by atoms with Crippen LogP contribution in [0.15, 0.2) is 24.3 Å². The summed E-state index contributed by atoms with van der Waals surface area (Å²) in [4.78, 5) is 25.4. The minimum absolute atomic E-state index is 0.113. The standard InChI is InChI=1S/C14H17NO5/c1-19-14(18)12-9-20-6-5-15(12)13(17)8-10-3-2-4-11(16)7-10/h2-4,7,12,16H,5-6,8-9H2,1H3. The summed E-state index contributed by atoms with van der Waals surface area (Å²) in [5, 5.41) is 9.40. The Labute approximate surface area is 116 Å². The maximum Gasteiger partial charge on any atom is 0.331 e. The molecule has 0 bridgehead atoms. The lowest BCUT2D eigenvalue weighted by atomic mass is 10.1. The van der Waals surface area contributed by atoms with Gasteiger partial charge in [-0.05, 0) is 17.7 Å². The van der Waals surface area contributed by atoms with E-state index in [4.69, 9.17) is 4.74 Å². The molecular formula is C14H17NO5. The monoisotopic (exact) mass is 279 g/mol. The predicted octanol–water partition coefficient (Wildman–Crippen LogP) is 0.335. The summed E-state index contributed by atoms with van der Waals surface area (Å²) in [7, 11) is 1.29. The van der Waals surface area contributed by atoms with E-state index in [0.717, 1.165) is 0 Å². The van der Waals surface area contributed by atoms with Crippen LogP contribution in [0.3, 0.4) is 0 Å². The molecule has 0 aromatic heterocycles. The molecule has 20 heavy (non-hydrogen) atoms. The molecule has 1 fully saturated rings. The van der Waals surface area contributed by atoms with E-state index >= 15 is 0 Å². The third-order valence-electron chi connectivity index (χ3n) is 3.19. The minimum Gasteiger partial charge on any atom is -0.508 e. The average Bonchev–Trinajstić information content (AvgIpc) is 2.46. The Morgan fingerprint density at radius 1 is 1.50 bits per heavy atom. The maximum absolute atomic E-state index is 12.3. The van der Waals surface area contributed by atoms with Gasteiger partial charge in [-0.25, -0.2) is 4.79 Å². The zero-order chi connectivity index (χ0) is 14.5. The Morgan fingerprint density at radius 2 is 2.30 bits per heavy atom. The smallest absolute Gasteiger partial charge is 0.331 e. The Bertz CT molecular complexity index is 502. The number of hydrogen-bond acceptors (Lipinski definition) is 5. The number of nitrogens with zero attached hydrogens (tertiary/aromatic N) is 1. The van der Waals surface area contributed by atoms with Crippen LogP contribution in [-0.4, -0.2) is 54.8 Å². The molecule has 2 rings (SSSR count). The van der Waals surface area contributed by atoms with E-state index in [9.17, 15) is 14.7 Å². The highest BCUT2D eigenvalue weighted by molar-refractivity contribution is 5.86. The van der Waals surface area contributed by atoms with Crippen molar-refractivity contribution in [3.05, 3.63) is 29.8 Å². The highest BCUT2D eigenvalue weighted by atomic mass is 16.5. The molecule has 1 saturated heterocycles. The number of rotatable bonds is 3. The van der Waals surface area contributed by atoms with Gasteiger partial charge in [-0.1, -0.05) is 12.1 Å². The number of carbonyl (C=O) groups is 2. The van der Waals surface area contributed by atoms with Gasteiger partial charge in [0.15, 0.2) is 6.04 Å². The molecular weight excluding hydrogens is 262 g/mol. The molecule has 6 heteroatoms. The van der Waals surface area contributed by atoms with Gasteiger partial charge >= 0.3 is 5.97 Å². The highest BCUT2D eigenvalue weighted by Crippen LogP contribution is 2.15. The Hall–Kier alpha value is -2.08. The van der Waals surface area contributed by atoms with Crippen molar-refractivity contribution in [3.63, 3.8) is 0 Å². The first-order chi connectivity index (χ1) is 9.61. The summed E-state index contributed by atoms with van der Waals surface area (Å²) in [5.74, 6) is -0.551. The first-order valence-corrected chi connectivity index (χ1v) is 6.35. The lowest BCUT2D eigenvalue weighted by Crippen LogP contribution is -2.53. The summed E-state index contributed by atoms with van der Waals surface area (Å²) >= 11 is 0. The molecule has 6 nitrogen and oxygen atoms in total. The second kappa shape index (κ2) is 6.38. The molecule has 1 unspecified atom stereocenters. The molecule has 1 aliphatic heterocycles.